The van der Waals surface area contributed by atoms with Gasteiger partial charge in [-0.05, 0) is 77.0 Å². The van der Waals surface area contributed by atoms with Crippen molar-refractivity contribution in [3.8, 4) is 0 Å². The first-order chi connectivity index (χ1) is 34.0. The maximum absolute atomic E-state index is 12.5. The molecule has 0 fully saturated rings. The van der Waals surface area contributed by atoms with Crippen molar-refractivity contribution in [1.29, 1.82) is 0 Å². The lowest BCUT2D eigenvalue weighted by molar-refractivity contribution is -0.143. The molecule has 0 rings (SSSR count). The highest BCUT2D eigenvalue weighted by atomic mass is 16.5. The summed E-state index contributed by atoms with van der Waals surface area (Å²) in [5, 5.41) is 23.3. The van der Waals surface area contributed by atoms with E-state index in [2.05, 4.69) is 43.5 Å². The molecule has 0 spiro atoms. The van der Waals surface area contributed by atoms with E-state index in [0.717, 1.165) is 44.9 Å². The van der Waals surface area contributed by atoms with E-state index in [4.69, 9.17) is 4.74 Å². The molecule has 0 aromatic rings. The van der Waals surface area contributed by atoms with E-state index in [1.165, 1.54) is 263 Å². The molecule has 0 heterocycles. The van der Waals surface area contributed by atoms with Crippen LogP contribution in [-0.2, 0) is 14.3 Å². The zero-order valence-electron chi connectivity index (χ0n) is 46.6. The van der Waals surface area contributed by atoms with Crippen molar-refractivity contribution >= 4 is 11.9 Å². The first-order valence-corrected chi connectivity index (χ1v) is 31.1. The highest BCUT2D eigenvalue weighted by molar-refractivity contribution is 5.76. The Labute approximate surface area is 431 Å². The number of carbonyl (C=O) groups excluding carboxylic acids is 2. The minimum absolute atomic E-state index is 0.00343. The van der Waals surface area contributed by atoms with Crippen molar-refractivity contribution in [2.45, 2.75) is 353 Å². The summed E-state index contributed by atoms with van der Waals surface area (Å²) in [6, 6.07) is -0.549. The van der Waals surface area contributed by atoms with Gasteiger partial charge in [-0.25, -0.2) is 0 Å². The van der Waals surface area contributed by atoms with E-state index in [9.17, 15) is 19.8 Å². The first kappa shape index (κ1) is 67.3. The molecule has 408 valence electrons. The molecule has 6 nitrogen and oxygen atoms in total. The smallest absolute Gasteiger partial charge is 0.305 e. The van der Waals surface area contributed by atoms with Crippen molar-refractivity contribution in [3.63, 3.8) is 0 Å². The third-order valence-electron chi connectivity index (χ3n) is 14.5. The number of rotatable bonds is 58. The molecular weight excluding hydrogens is 851 g/mol. The first-order valence-electron chi connectivity index (χ1n) is 31.1. The second kappa shape index (κ2) is 58.9. The van der Waals surface area contributed by atoms with Crippen molar-refractivity contribution in [2.24, 2.45) is 0 Å². The van der Waals surface area contributed by atoms with Gasteiger partial charge in [-0.15, -0.1) is 0 Å². The fourth-order valence-corrected chi connectivity index (χ4v) is 9.69. The van der Waals surface area contributed by atoms with E-state index in [1.54, 1.807) is 0 Å². The number of unbranched alkanes of at least 4 members (excludes halogenated alkanes) is 43. The topological polar surface area (TPSA) is 95.9 Å². The maximum atomic E-state index is 12.5. The van der Waals surface area contributed by atoms with Crippen LogP contribution < -0.4 is 5.32 Å². The Bertz CT molecular complexity index is 1080. The van der Waals surface area contributed by atoms with E-state index in [1.807, 2.05) is 0 Å². The minimum atomic E-state index is -0.671. The van der Waals surface area contributed by atoms with Crippen LogP contribution in [0.1, 0.15) is 341 Å². The SMILES string of the molecule is CCCCCCCC/C=C\CCCCCCCC(=O)OCCCCCCCCCC/C=C\CCCCCCCCCC(=O)NC(CO)C(O)CCCCCCCCCCCCCCCCCCCC. The summed E-state index contributed by atoms with van der Waals surface area (Å²) in [7, 11) is 0. The van der Waals surface area contributed by atoms with Gasteiger partial charge in [0.25, 0.3) is 0 Å². The predicted octanol–water partition coefficient (Wildman–Crippen LogP) is 19.4. The molecule has 1 amide bonds. The molecule has 0 aromatic carbocycles. The van der Waals surface area contributed by atoms with Crippen molar-refractivity contribution in [3.05, 3.63) is 24.3 Å². The zero-order valence-corrected chi connectivity index (χ0v) is 46.6. The molecule has 3 N–H and O–H groups in total. The molecule has 0 saturated carbocycles. The molecule has 0 aliphatic heterocycles. The molecule has 0 aliphatic carbocycles. The summed E-state index contributed by atoms with van der Waals surface area (Å²) >= 11 is 0. The molecule has 0 aliphatic rings. The van der Waals surface area contributed by atoms with E-state index < -0.39 is 12.1 Å². The third-order valence-corrected chi connectivity index (χ3v) is 14.5. The minimum Gasteiger partial charge on any atom is -0.466 e. The van der Waals surface area contributed by atoms with Gasteiger partial charge < -0.3 is 20.3 Å². The number of allylic oxidation sites excluding steroid dienone is 4. The number of carbonyl (C=O) groups is 2. The van der Waals surface area contributed by atoms with E-state index in [0.29, 0.717) is 25.9 Å². The number of hydrogen-bond acceptors (Lipinski definition) is 5. The Kier molecular flexibility index (Phi) is 57.5. The molecule has 2 atom stereocenters. The van der Waals surface area contributed by atoms with Crippen LogP contribution in [0.3, 0.4) is 0 Å². The lowest BCUT2D eigenvalue weighted by Gasteiger charge is -2.22. The lowest BCUT2D eigenvalue weighted by Crippen LogP contribution is -2.45. The number of amides is 1. The molecular formula is C63H121NO5. The van der Waals surface area contributed by atoms with Crippen LogP contribution in [0.25, 0.3) is 0 Å². The van der Waals surface area contributed by atoms with Gasteiger partial charge in [-0.1, -0.05) is 276 Å². The predicted molar refractivity (Wildman–Crippen MR) is 301 cm³/mol. The van der Waals surface area contributed by atoms with Crippen LogP contribution in [0.15, 0.2) is 24.3 Å². The quantitative estimate of drug-likeness (QED) is 0.0321. The normalized spacial score (nSPS) is 12.7. The summed E-state index contributed by atoms with van der Waals surface area (Å²) in [5.74, 6) is -0.0456. The second-order valence-corrected chi connectivity index (χ2v) is 21.4. The van der Waals surface area contributed by atoms with Gasteiger partial charge in [0, 0.05) is 12.8 Å². The summed E-state index contributed by atoms with van der Waals surface area (Å²) in [4.78, 5) is 24.6. The van der Waals surface area contributed by atoms with E-state index >= 15 is 0 Å². The van der Waals surface area contributed by atoms with Gasteiger partial charge in [0.1, 0.15) is 0 Å². The molecule has 69 heavy (non-hydrogen) atoms. The zero-order chi connectivity index (χ0) is 50.0. The van der Waals surface area contributed by atoms with Gasteiger partial charge in [0.15, 0.2) is 0 Å². The average Bonchev–Trinajstić information content (AvgIpc) is 3.35. The molecule has 2 unspecified atom stereocenters. The van der Waals surface area contributed by atoms with Gasteiger partial charge in [-0.2, -0.15) is 0 Å². The average molecular weight is 973 g/mol. The van der Waals surface area contributed by atoms with Crippen LogP contribution in [0.4, 0.5) is 0 Å². The fourth-order valence-electron chi connectivity index (χ4n) is 9.69. The number of hydrogen-bond donors (Lipinski definition) is 3. The van der Waals surface area contributed by atoms with Gasteiger partial charge in [-0.3, -0.25) is 9.59 Å². The summed E-state index contributed by atoms with van der Waals surface area (Å²) in [6.45, 7) is 4.95. The van der Waals surface area contributed by atoms with Gasteiger partial charge >= 0.3 is 5.97 Å². The van der Waals surface area contributed by atoms with Crippen molar-refractivity contribution < 1.29 is 24.5 Å². The number of esters is 1. The van der Waals surface area contributed by atoms with Crippen molar-refractivity contribution in [1.82, 2.24) is 5.32 Å². The third kappa shape index (κ3) is 55.5. The molecule has 6 heteroatoms. The highest BCUT2D eigenvalue weighted by Gasteiger charge is 2.20. The fraction of sp³-hybridized carbons (Fsp3) is 0.905. The van der Waals surface area contributed by atoms with Crippen LogP contribution in [0.2, 0.25) is 0 Å². The molecule has 0 saturated heterocycles. The molecule has 0 bridgehead atoms. The number of aliphatic hydroxyl groups excluding tert-OH is 2. The van der Waals surface area contributed by atoms with Gasteiger partial charge in [0.05, 0.1) is 25.4 Å². The monoisotopic (exact) mass is 972 g/mol. The number of aliphatic hydroxyl groups is 2. The Morgan fingerprint density at radius 1 is 0.391 bits per heavy atom. The van der Waals surface area contributed by atoms with Crippen LogP contribution in [0, 0.1) is 0 Å². The number of ether oxygens (including phenoxy) is 1. The summed E-state index contributed by atoms with van der Waals surface area (Å²) < 4.78 is 5.47. The van der Waals surface area contributed by atoms with Crippen molar-refractivity contribution in [2.75, 3.05) is 13.2 Å². The summed E-state index contributed by atoms with van der Waals surface area (Å²) in [5.41, 5.74) is 0. The van der Waals surface area contributed by atoms with Crippen LogP contribution >= 0.6 is 0 Å². The maximum Gasteiger partial charge on any atom is 0.305 e. The molecule has 0 radical (unpaired) electrons. The summed E-state index contributed by atoms with van der Waals surface area (Å²) in [6.07, 6.45) is 71.8. The second-order valence-electron chi connectivity index (χ2n) is 21.4. The van der Waals surface area contributed by atoms with Crippen LogP contribution in [0.5, 0.6) is 0 Å². The Hall–Kier alpha value is -1.66. The number of nitrogens with one attached hydrogen (secondary N) is 1. The lowest BCUT2D eigenvalue weighted by atomic mass is 10.0. The Balaban J connectivity index is 3.44. The molecule has 0 aromatic heterocycles. The Morgan fingerprint density at radius 2 is 0.681 bits per heavy atom. The standard InChI is InChI=1S/C63H121NO5/c1-3-5-7-9-11-13-15-17-19-20-24-28-31-35-39-43-47-51-55-61(66)60(59-65)64-62(67)56-52-48-44-40-36-32-29-25-22-21-23-26-30-34-38-42-46-50-54-58-69-63(68)57-53-49-45-41-37-33-27-18-16-14-12-10-8-6-4-2/h18,21-22,27,60-61,65-66H,3-17,19-20,23-26,28-59H2,1-2H3,(H,64,67)/b22-21-,27-18-. The van der Waals surface area contributed by atoms with E-state index in [-0.39, 0.29) is 18.5 Å². The Morgan fingerprint density at radius 3 is 1.03 bits per heavy atom. The highest BCUT2D eigenvalue weighted by Crippen LogP contribution is 2.17. The van der Waals surface area contributed by atoms with Crippen LogP contribution in [-0.4, -0.2) is 47.4 Å². The largest absolute Gasteiger partial charge is 0.466 e. The van der Waals surface area contributed by atoms with Gasteiger partial charge in [0.2, 0.25) is 5.91 Å².